The summed E-state index contributed by atoms with van der Waals surface area (Å²) < 4.78 is 16.3. The summed E-state index contributed by atoms with van der Waals surface area (Å²) in [6.45, 7) is 2.23. The summed E-state index contributed by atoms with van der Waals surface area (Å²) in [5.74, 6) is 0.769. The maximum Gasteiger partial charge on any atom is 0.337 e. The van der Waals surface area contributed by atoms with Gasteiger partial charge in [0.05, 0.1) is 37.3 Å². The van der Waals surface area contributed by atoms with E-state index < -0.39 is 0 Å². The molecule has 0 radical (unpaired) electrons. The molecule has 2 aliphatic rings. The normalized spacial score (nSPS) is 15.2. The van der Waals surface area contributed by atoms with E-state index in [4.69, 9.17) is 25.8 Å². The predicted molar refractivity (Wildman–Crippen MR) is 120 cm³/mol. The highest BCUT2D eigenvalue weighted by molar-refractivity contribution is 6.32. The van der Waals surface area contributed by atoms with Crippen molar-refractivity contribution < 1.29 is 23.8 Å². The van der Waals surface area contributed by atoms with Crippen molar-refractivity contribution in [2.45, 2.75) is 25.8 Å². The number of hydrogen-bond donors (Lipinski definition) is 1. The van der Waals surface area contributed by atoms with Crippen molar-refractivity contribution in [3.8, 4) is 11.5 Å². The summed E-state index contributed by atoms with van der Waals surface area (Å²) in [6, 6.07) is 9.07. The van der Waals surface area contributed by atoms with Crippen LogP contribution < -0.4 is 9.47 Å². The molecular formula is C24H23ClN2O5. The summed E-state index contributed by atoms with van der Waals surface area (Å²) in [6.07, 6.45) is 1.74. The largest absolute Gasteiger partial charge is 0.489 e. The number of amides is 1. The van der Waals surface area contributed by atoms with E-state index in [1.165, 1.54) is 7.11 Å². The Bertz CT molecular complexity index is 1220. The summed E-state index contributed by atoms with van der Waals surface area (Å²) in [5, 5.41) is 1.40. The van der Waals surface area contributed by atoms with Crippen molar-refractivity contribution >= 4 is 34.4 Å². The first-order valence-corrected chi connectivity index (χ1v) is 11.0. The number of fused-ring (bicyclic) bond motifs is 4. The van der Waals surface area contributed by atoms with Gasteiger partial charge in [-0.25, -0.2) is 4.79 Å². The number of esters is 1. The van der Waals surface area contributed by atoms with Gasteiger partial charge in [0, 0.05) is 48.1 Å². The molecule has 5 rings (SSSR count). The van der Waals surface area contributed by atoms with Crippen LogP contribution in [0.2, 0.25) is 5.02 Å². The number of nitrogens with zero attached hydrogens (tertiary/aromatic N) is 1. The van der Waals surface area contributed by atoms with Gasteiger partial charge in [0.25, 0.3) is 0 Å². The maximum absolute atomic E-state index is 13.1. The van der Waals surface area contributed by atoms with Gasteiger partial charge >= 0.3 is 5.97 Å². The molecule has 166 valence electrons. The number of nitrogens with one attached hydrogen (secondary N) is 1. The Labute approximate surface area is 190 Å². The lowest BCUT2D eigenvalue weighted by Gasteiger charge is -2.27. The van der Waals surface area contributed by atoms with Gasteiger partial charge in [0.1, 0.15) is 0 Å². The number of methoxy groups -OCH3 is 1. The lowest BCUT2D eigenvalue weighted by atomic mass is 10.0. The third-order valence-corrected chi connectivity index (χ3v) is 6.25. The van der Waals surface area contributed by atoms with Gasteiger partial charge in [-0.3, -0.25) is 4.79 Å². The Kier molecular flexibility index (Phi) is 5.43. The molecule has 3 heterocycles. The number of carbonyl (C=O) groups is 2. The second kappa shape index (κ2) is 8.39. The molecule has 0 unspecified atom stereocenters. The number of halogens is 1. The fourth-order valence-corrected chi connectivity index (χ4v) is 4.63. The van der Waals surface area contributed by atoms with E-state index in [1.807, 2.05) is 23.1 Å². The van der Waals surface area contributed by atoms with Crippen LogP contribution in [-0.4, -0.2) is 48.6 Å². The first-order chi connectivity index (χ1) is 15.5. The molecule has 1 aromatic heterocycles. The van der Waals surface area contributed by atoms with Gasteiger partial charge in [-0.15, -0.1) is 0 Å². The maximum atomic E-state index is 13.1. The Morgan fingerprint density at radius 3 is 2.88 bits per heavy atom. The second-order valence-electron chi connectivity index (χ2n) is 8.03. The molecule has 0 fully saturated rings. The van der Waals surface area contributed by atoms with Gasteiger partial charge < -0.3 is 24.1 Å². The van der Waals surface area contributed by atoms with Gasteiger partial charge in [0.2, 0.25) is 5.91 Å². The van der Waals surface area contributed by atoms with Crippen LogP contribution in [0.5, 0.6) is 11.5 Å². The van der Waals surface area contributed by atoms with Crippen molar-refractivity contribution in [1.82, 2.24) is 9.88 Å². The smallest absolute Gasteiger partial charge is 0.337 e. The zero-order chi connectivity index (χ0) is 22.2. The van der Waals surface area contributed by atoms with Crippen LogP contribution in [0.3, 0.4) is 0 Å². The van der Waals surface area contributed by atoms with E-state index in [-0.39, 0.29) is 18.3 Å². The second-order valence-corrected chi connectivity index (χ2v) is 8.44. The Balaban J connectivity index is 1.37. The van der Waals surface area contributed by atoms with E-state index in [1.54, 1.807) is 12.1 Å². The fraction of sp³-hybridized carbons (Fsp3) is 0.333. The highest BCUT2D eigenvalue weighted by Crippen LogP contribution is 2.38. The average Bonchev–Trinajstić information content (AvgIpc) is 2.98. The molecule has 0 saturated carbocycles. The van der Waals surface area contributed by atoms with Gasteiger partial charge in [-0.05, 0) is 35.9 Å². The molecule has 0 saturated heterocycles. The predicted octanol–water partition coefficient (Wildman–Crippen LogP) is 3.90. The molecule has 8 heteroatoms. The highest BCUT2D eigenvalue weighted by atomic mass is 35.5. The van der Waals surface area contributed by atoms with Crippen LogP contribution >= 0.6 is 11.6 Å². The number of H-pyrrole nitrogens is 1. The highest BCUT2D eigenvalue weighted by Gasteiger charge is 2.25. The number of ether oxygens (including phenoxy) is 3. The quantitative estimate of drug-likeness (QED) is 0.607. The number of hydrogen-bond acceptors (Lipinski definition) is 5. The molecule has 0 bridgehead atoms. The van der Waals surface area contributed by atoms with Crippen molar-refractivity contribution in [1.29, 1.82) is 0 Å². The van der Waals surface area contributed by atoms with Crippen LogP contribution in [0.4, 0.5) is 0 Å². The van der Waals surface area contributed by atoms with Crippen LogP contribution in [0, 0.1) is 0 Å². The molecule has 0 spiro atoms. The number of aromatic amines is 1. The zero-order valence-electron chi connectivity index (χ0n) is 17.7. The number of benzene rings is 2. The Hall–Kier alpha value is -3.19. The third-order valence-electron chi connectivity index (χ3n) is 5.97. The summed E-state index contributed by atoms with van der Waals surface area (Å²) in [5.41, 5.74) is 4.38. The van der Waals surface area contributed by atoms with Gasteiger partial charge in [0.15, 0.2) is 11.5 Å². The fourth-order valence-electron chi connectivity index (χ4n) is 4.34. The molecule has 3 aromatic rings. The number of carbonyl (C=O) groups excluding carboxylic acids is 2. The average molecular weight is 455 g/mol. The van der Waals surface area contributed by atoms with E-state index in [9.17, 15) is 9.59 Å². The summed E-state index contributed by atoms with van der Waals surface area (Å²) in [4.78, 5) is 30.3. The zero-order valence-corrected chi connectivity index (χ0v) is 18.5. The molecule has 32 heavy (non-hydrogen) atoms. The molecule has 0 atom stereocenters. The van der Waals surface area contributed by atoms with Crippen LogP contribution in [0.1, 0.15) is 33.6 Å². The monoisotopic (exact) mass is 454 g/mol. The summed E-state index contributed by atoms with van der Waals surface area (Å²) >= 11 is 6.39. The van der Waals surface area contributed by atoms with Crippen molar-refractivity contribution in [2.75, 3.05) is 26.9 Å². The number of aromatic nitrogens is 1. The van der Waals surface area contributed by atoms with E-state index in [0.29, 0.717) is 48.4 Å². The minimum Gasteiger partial charge on any atom is -0.489 e. The molecular weight excluding hydrogens is 432 g/mol. The van der Waals surface area contributed by atoms with Gasteiger partial charge in [-0.2, -0.15) is 0 Å². The molecule has 1 N–H and O–H groups in total. The van der Waals surface area contributed by atoms with Crippen LogP contribution in [-0.2, 0) is 28.9 Å². The van der Waals surface area contributed by atoms with E-state index in [2.05, 4.69) is 4.98 Å². The van der Waals surface area contributed by atoms with Gasteiger partial charge in [-0.1, -0.05) is 11.6 Å². The Morgan fingerprint density at radius 2 is 2.03 bits per heavy atom. The standard InChI is InChI=1S/C24H23ClN2O5/c1-30-24(29)15-3-4-19-16(12-15)17-13-27(6-5-20(17)26-19)22(28)11-14-9-18(25)23-21(10-14)31-7-2-8-32-23/h3-4,9-10,12,26H,2,5-8,11,13H2,1H3. The van der Waals surface area contributed by atoms with Crippen LogP contribution in [0.25, 0.3) is 10.9 Å². The molecule has 7 nitrogen and oxygen atoms in total. The minimum atomic E-state index is -0.378. The minimum absolute atomic E-state index is 0.0136. The van der Waals surface area contributed by atoms with Crippen LogP contribution in [0.15, 0.2) is 30.3 Å². The molecule has 0 aliphatic carbocycles. The first-order valence-electron chi connectivity index (χ1n) is 10.6. The lowest BCUT2D eigenvalue weighted by molar-refractivity contribution is -0.131. The summed E-state index contributed by atoms with van der Waals surface area (Å²) in [7, 11) is 1.37. The van der Waals surface area contributed by atoms with Crippen molar-refractivity contribution in [3.05, 3.63) is 57.7 Å². The molecule has 1 amide bonds. The molecule has 2 aliphatic heterocycles. The van der Waals surface area contributed by atoms with Crippen molar-refractivity contribution in [3.63, 3.8) is 0 Å². The number of rotatable bonds is 3. The third kappa shape index (κ3) is 3.77. The lowest BCUT2D eigenvalue weighted by Crippen LogP contribution is -2.36. The molecule has 2 aromatic carbocycles. The Morgan fingerprint density at radius 1 is 1.19 bits per heavy atom. The topological polar surface area (TPSA) is 80.9 Å². The van der Waals surface area contributed by atoms with Crippen molar-refractivity contribution in [2.24, 2.45) is 0 Å². The SMILES string of the molecule is COC(=O)c1ccc2[nH]c3c(c2c1)CN(C(=O)Cc1cc(Cl)c2c(c1)OCCCO2)CC3. The first kappa shape index (κ1) is 20.7. The van der Waals surface area contributed by atoms with E-state index >= 15 is 0 Å². The van der Waals surface area contributed by atoms with E-state index in [0.717, 1.165) is 40.6 Å².